The van der Waals surface area contributed by atoms with E-state index in [9.17, 15) is 0 Å². The standard InChI is InChI=1S/C15H14ClNO2/c1-18-13-9-8-12(10-14(13)19-2)17-15(16)11-6-4-3-5-7-11/h3-10H,1-2H3. The minimum atomic E-state index is 0.438. The Kier molecular flexibility index (Phi) is 4.42. The quantitative estimate of drug-likeness (QED) is 0.789. The van der Waals surface area contributed by atoms with Crippen molar-refractivity contribution in [2.75, 3.05) is 14.2 Å². The number of aliphatic imine (C=N–C) groups is 1. The lowest BCUT2D eigenvalue weighted by atomic mass is 10.2. The van der Waals surface area contributed by atoms with Gasteiger partial charge in [0, 0.05) is 11.6 Å². The van der Waals surface area contributed by atoms with Gasteiger partial charge in [0.2, 0.25) is 0 Å². The normalized spacial score (nSPS) is 11.2. The Morgan fingerprint density at radius 2 is 1.63 bits per heavy atom. The van der Waals surface area contributed by atoms with Gasteiger partial charge in [-0.3, -0.25) is 0 Å². The average Bonchev–Trinajstić information content (AvgIpc) is 2.48. The first-order valence-electron chi connectivity index (χ1n) is 5.76. The maximum absolute atomic E-state index is 6.19. The summed E-state index contributed by atoms with van der Waals surface area (Å²) in [6, 6.07) is 15.0. The summed E-state index contributed by atoms with van der Waals surface area (Å²) in [5, 5.41) is 0.438. The van der Waals surface area contributed by atoms with E-state index >= 15 is 0 Å². The zero-order valence-corrected chi connectivity index (χ0v) is 11.5. The zero-order valence-electron chi connectivity index (χ0n) is 10.8. The lowest BCUT2D eigenvalue weighted by Gasteiger charge is -2.07. The number of halogens is 1. The highest BCUT2D eigenvalue weighted by molar-refractivity contribution is 6.69. The number of ether oxygens (including phenoxy) is 2. The van der Waals surface area contributed by atoms with Crippen molar-refractivity contribution < 1.29 is 9.47 Å². The number of rotatable bonds is 4. The summed E-state index contributed by atoms with van der Waals surface area (Å²) in [4.78, 5) is 4.36. The Labute approximate surface area is 117 Å². The van der Waals surface area contributed by atoms with E-state index in [1.165, 1.54) is 0 Å². The van der Waals surface area contributed by atoms with Gasteiger partial charge in [0.05, 0.1) is 19.9 Å². The Balaban J connectivity index is 2.33. The van der Waals surface area contributed by atoms with Gasteiger partial charge < -0.3 is 9.47 Å². The molecule has 2 aromatic carbocycles. The van der Waals surface area contributed by atoms with Crippen molar-refractivity contribution in [2.24, 2.45) is 4.99 Å². The molecule has 0 spiro atoms. The van der Waals surface area contributed by atoms with Gasteiger partial charge >= 0.3 is 0 Å². The van der Waals surface area contributed by atoms with Gasteiger partial charge in [-0.2, -0.15) is 0 Å². The van der Waals surface area contributed by atoms with Gasteiger partial charge in [0.25, 0.3) is 0 Å². The van der Waals surface area contributed by atoms with Crippen LogP contribution in [0.4, 0.5) is 5.69 Å². The van der Waals surface area contributed by atoms with Gasteiger partial charge in [0.15, 0.2) is 11.5 Å². The van der Waals surface area contributed by atoms with Crippen molar-refractivity contribution >= 4 is 22.5 Å². The van der Waals surface area contributed by atoms with Gasteiger partial charge in [-0.25, -0.2) is 4.99 Å². The molecule has 0 heterocycles. The molecule has 4 heteroatoms. The molecule has 0 aliphatic rings. The van der Waals surface area contributed by atoms with E-state index in [0.29, 0.717) is 22.4 Å². The molecule has 3 nitrogen and oxygen atoms in total. The van der Waals surface area contributed by atoms with Crippen LogP contribution in [0.15, 0.2) is 53.5 Å². The molecular weight excluding hydrogens is 262 g/mol. The highest BCUT2D eigenvalue weighted by atomic mass is 35.5. The molecule has 0 aliphatic heterocycles. The molecular formula is C15H14ClNO2. The zero-order chi connectivity index (χ0) is 13.7. The van der Waals surface area contributed by atoms with E-state index < -0.39 is 0 Å². The highest BCUT2D eigenvalue weighted by Gasteiger charge is 2.05. The minimum absolute atomic E-state index is 0.438. The molecule has 0 unspecified atom stereocenters. The smallest absolute Gasteiger partial charge is 0.162 e. The van der Waals surface area contributed by atoms with Crippen molar-refractivity contribution in [1.82, 2.24) is 0 Å². The van der Waals surface area contributed by atoms with Crippen molar-refractivity contribution in [3.05, 3.63) is 54.1 Å². The highest BCUT2D eigenvalue weighted by Crippen LogP contribution is 2.31. The fourth-order valence-electron chi connectivity index (χ4n) is 1.65. The summed E-state index contributed by atoms with van der Waals surface area (Å²) in [7, 11) is 3.18. The predicted molar refractivity (Wildman–Crippen MR) is 78.0 cm³/mol. The molecule has 0 saturated heterocycles. The third-order valence-corrected chi connectivity index (χ3v) is 2.91. The summed E-state index contributed by atoms with van der Waals surface area (Å²) in [6.07, 6.45) is 0. The molecule has 0 saturated carbocycles. The van der Waals surface area contributed by atoms with Crippen molar-refractivity contribution in [3.8, 4) is 11.5 Å². The largest absolute Gasteiger partial charge is 0.493 e. The molecule has 2 rings (SSSR count). The first kappa shape index (κ1) is 13.4. The molecule has 0 fully saturated rings. The first-order valence-corrected chi connectivity index (χ1v) is 6.14. The van der Waals surface area contributed by atoms with Crippen LogP contribution in [-0.2, 0) is 0 Å². The van der Waals surface area contributed by atoms with Gasteiger partial charge in [-0.05, 0) is 12.1 Å². The van der Waals surface area contributed by atoms with Crippen LogP contribution in [0, 0.1) is 0 Å². The summed E-state index contributed by atoms with van der Waals surface area (Å²) < 4.78 is 10.4. The Hall–Kier alpha value is -2.00. The minimum Gasteiger partial charge on any atom is -0.493 e. The second kappa shape index (κ2) is 6.25. The number of methoxy groups -OCH3 is 2. The molecule has 0 atom stereocenters. The maximum Gasteiger partial charge on any atom is 0.162 e. The van der Waals surface area contributed by atoms with Gasteiger partial charge in [-0.1, -0.05) is 41.9 Å². The summed E-state index contributed by atoms with van der Waals surface area (Å²) >= 11 is 6.19. The monoisotopic (exact) mass is 275 g/mol. The number of nitrogens with zero attached hydrogens (tertiary/aromatic N) is 1. The lowest BCUT2D eigenvalue weighted by molar-refractivity contribution is 0.355. The molecule has 0 bridgehead atoms. The lowest BCUT2D eigenvalue weighted by Crippen LogP contribution is -1.91. The van der Waals surface area contributed by atoms with E-state index in [2.05, 4.69) is 4.99 Å². The predicted octanol–water partition coefficient (Wildman–Crippen LogP) is 4.02. The second-order valence-corrected chi connectivity index (χ2v) is 4.17. The number of hydrogen-bond donors (Lipinski definition) is 0. The van der Waals surface area contributed by atoms with E-state index in [1.807, 2.05) is 36.4 Å². The number of hydrogen-bond acceptors (Lipinski definition) is 3. The van der Waals surface area contributed by atoms with E-state index in [4.69, 9.17) is 21.1 Å². The van der Waals surface area contributed by atoms with Crippen LogP contribution in [0.25, 0.3) is 0 Å². The van der Waals surface area contributed by atoms with Crippen LogP contribution in [0.2, 0.25) is 0 Å². The second-order valence-electron chi connectivity index (χ2n) is 3.81. The third-order valence-electron chi connectivity index (χ3n) is 2.61. The van der Waals surface area contributed by atoms with Crippen LogP contribution in [0.3, 0.4) is 0 Å². The average molecular weight is 276 g/mol. The van der Waals surface area contributed by atoms with E-state index in [0.717, 1.165) is 5.56 Å². The van der Waals surface area contributed by atoms with Gasteiger partial charge in [0.1, 0.15) is 5.17 Å². The SMILES string of the molecule is COc1ccc(N=C(Cl)c2ccccc2)cc1OC. The van der Waals surface area contributed by atoms with Crippen LogP contribution in [0.5, 0.6) is 11.5 Å². The molecule has 0 radical (unpaired) electrons. The molecule has 0 aromatic heterocycles. The first-order chi connectivity index (χ1) is 9.24. The van der Waals surface area contributed by atoms with Crippen LogP contribution < -0.4 is 9.47 Å². The topological polar surface area (TPSA) is 30.8 Å². The summed E-state index contributed by atoms with van der Waals surface area (Å²) in [6.45, 7) is 0. The number of benzene rings is 2. The summed E-state index contributed by atoms with van der Waals surface area (Å²) in [5.41, 5.74) is 1.59. The summed E-state index contributed by atoms with van der Waals surface area (Å²) in [5.74, 6) is 1.29. The molecule has 0 amide bonds. The molecule has 98 valence electrons. The van der Waals surface area contributed by atoms with E-state index in [1.54, 1.807) is 26.4 Å². The Morgan fingerprint density at radius 3 is 2.26 bits per heavy atom. The van der Waals surface area contributed by atoms with Crippen LogP contribution >= 0.6 is 11.6 Å². The molecule has 2 aromatic rings. The molecule has 0 aliphatic carbocycles. The van der Waals surface area contributed by atoms with Gasteiger partial charge in [-0.15, -0.1) is 0 Å². The van der Waals surface area contributed by atoms with Crippen molar-refractivity contribution in [3.63, 3.8) is 0 Å². The molecule has 19 heavy (non-hydrogen) atoms. The van der Waals surface area contributed by atoms with Crippen LogP contribution in [0.1, 0.15) is 5.56 Å². The fraction of sp³-hybridized carbons (Fsp3) is 0.133. The van der Waals surface area contributed by atoms with Crippen LogP contribution in [-0.4, -0.2) is 19.4 Å². The Bertz CT molecular complexity index is 582. The fourth-order valence-corrected chi connectivity index (χ4v) is 1.87. The van der Waals surface area contributed by atoms with E-state index in [-0.39, 0.29) is 0 Å². The maximum atomic E-state index is 6.19. The Morgan fingerprint density at radius 1 is 0.947 bits per heavy atom. The van der Waals surface area contributed by atoms with Crippen molar-refractivity contribution in [2.45, 2.75) is 0 Å². The molecule has 0 N–H and O–H groups in total. The third kappa shape index (κ3) is 3.26. The van der Waals surface area contributed by atoms with Crippen molar-refractivity contribution in [1.29, 1.82) is 0 Å².